The summed E-state index contributed by atoms with van der Waals surface area (Å²) >= 11 is 0. The number of nitrogens with one attached hydrogen (secondary N) is 1. The lowest BCUT2D eigenvalue weighted by Gasteiger charge is -2.32. The molecule has 0 amide bonds. The Morgan fingerprint density at radius 2 is 2.14 bits per heavy atom. The van der Waals surface area contributed by atoms with E-state index in [-0.39, 0.29) is 17.5 Å². The van der Waals surface area contributed by atoms with E-state index in [2.05, 4.69) is 10.1 Å². The van der Waals surface area contributed by atoms with Gasteiger partial charge in [-0.05, 0) is 25.1 Å². The van der Waals surface area contributed by atoms with Gasteiger partial charge in [-0.1, -0.05) is 0 Å². The molecular weight excluding hydrogens is 309 g/mol. The second-order valence-corrected chi connectivity index (χ2v) is 6.53. The van der Waals surface area contributed by atoms with E-state index in [0.717, 1.165) is 12.1 Å². The van der Waals surface area contributed by atoms with E-state index in [1.807, 2.05) is 0 Å². The van der Waals surface area contributed by atoms with Crippen LogP contribution in [0.25, 0.3) is 0 Å². The van der Waals surface area contributed by atoms with Crippen molar-refractivity contribution in [2.75, 3.05) is 19.6 Å². The summed E-state index contributed by atoms with van der Waals surface area (Å²) in [5, 5.41) is 3.05. The number of nitrogens with zero attached hydrogens (tertiary/aromatic N) is 1. The molecule has 0 saturated carbocycles. The highest BCUT2D eigenvalue weighted by molar-refractivity contribution is 7.89. The third-order valence-electron chi connectivity index (χ3n) is 3.17. The smallest absolute Gasteiger partial charge is 0.387 e. The fourth-order valence-electron chi connectivity index (χ4n) is 2.15. The van der Waals surface area contributed by atoms with E-state index < -0.39 is 28.2 Å². The third kappa shape index (κ3) is 3.47. The first-order valence-electron chi connectivity index (χ1n) is 6.29. The molecule has 0 unspecified atom stereocenters. The summed E-state index contributed by atoms with van der Waals surface area (Å²) < 4.78 is 67.8. The van der Waals surface area contributed by atoms with Crippen molar-refractivity contribution in [3.8, 4) is 5.75 Å². The lowest BCUT2D eigenvalue weighted by atomic mass is 10.3. The Hall–Kier alpha value is -1.32. The number of sulfonamides is 1. The Labute approximate surface area is 120 Å². The van der Waals surface area contributed by atoms with Crippen LogP contribution in [0.2, 0.25) is 0 Å². The van der Waals surface area contributed by atoms with E-state index in [1.165, 1.54) is 4.31 Å². The summed E-state index contributed by atoms with van der Waals surface area (Å²) in [6, 6.07) is 2.37. The van der Waals surface area contributed by atoms with Gasteiger partial charge in [-0.25, -0.2) is 12.8 Å². The second kappa shape index (κ2) is 6.20. The second-order valence-electron chi connectivity index (χ2n) is 4.64. The van der Waals surface area contributed by atoms with Crippen molar-refractivity contribution in [2.45, 2.75) is 24.5 Å². The normalized spacial score (nSPS) is 20.7. The summed E-state index contributed by atoms with van der Waals surface area (Å²) in [7, 11) is -3.87. The maximum Gasteiger partial charge on any atom is 0.387 e. The zero-order chi connectivity index (χ0) is 15.6. The van der Waals surface area contributed by atoms with Crippen LogP contribution in [0.5, 0.6) is 5.75 Å². The van der Waals surface area contributed by atoms with Crippen molar-refractivity contribution in [1.82, 2.24) is 9.62 Å². The van der Waals surface area contributed by atoms with Crippen molar-refractivity contribution in [1.29, 1.82) is 0 Å². The highest BCUT2D eigenvalue weighted by atomic mass is 32.2. The molecule has 0 aliphatic carbocycles. The van der Waals surface area contributed by atoms with Crippen LogP contribution in [0.4, 0.5) is 13.2 Å². The van der Waals surface area contributed by atoms with Gasteiger partial charge in [0.1, 0.15) is 0 Å². The van der Waals surface area contributed by atoms with Crippen LogP contribution in [-0.4, -0.2) is 45.0 Å². The number of hydrogen-bond donors (Lipinski definition) is 1. The molecule has 1 saturated heterocycles. The summed E-state index contributed by atoms with van der Waals surface area (Å²) in [6.07, 6.45) is 0. The molecule has 1 aliphatic heterocycles. The fourth-order valence-corrected chi connectivity index (χ4v) is 3.79. The summed E-state index contributed by atoms with van der Waals surface area (Å²) in [6.45, 7) is -0.183. The first-order valence-corrected chi connectivity index (χ1v) is 7.73. The van der Waals surface area contributed by atoms with Crippen LogP contribution in [0.1, 0.15) is 6.92 Å². The highest BCUT2D eigenvalue weighted by Gasteiger charge is 2.31. The Bertz CT molecular complexity index is 610. The zero-order valence-corrected chi connectivity index (χ0v) is 12.0. The van der Waals surface area contributed by atoms with Gasteiger partial charge in [-0.2, -0.15) is 13.1 Å². The maximum atomic E-state index is 13.7. The molecule has 1 fully saturated rings. The molecule has 118 valence electrons. The van der Waals surface area contributed by atoms with Crippen LogP contribution in [0, 0.1) is 5.82 Å². The van der Waals surface area contributed by atoms with Crippen molar-refractivity contribution in [3.05, 3.63) is 24.0 Å². The molecule has 21 heavy (non-hydrogen) atoms. The number of hydrogen-bond acceptors (Lipinski definition) is 4. The van der Waals surface area contributed by atoms with Gasteiger partial charge in [0.25, 0.3) is 0 Å². The molecule has 1 aliphatic rings. The topological polar surface area (TPSA) is 58.6 Å². The molecular formula is C12H15F3N2O3S. The molecule has 5 nitrogen and oxygen atoms in total. The fraction of sp³-hybridized carbons (Fsp3) is 0.500. The number of alkyl halides is 2. The molecule has 1 heterocycles. The van der Waals surface area contributed by atoms with Crippen molar-refractivity contribution >= 4 is 10.0 Å². The highest BCUT2D eigenvalue weighted by Crippen LogP contribution is 2.25. The van der Waals surface area contributed by atoms with Gasteiger partial charge < -0.3 is 10.1 Å². The van der Waals surface area contributed by atoms with Crippen LogP contribution in [0.15, 0.2) is 23.1 Å². The van der Waals surface area contributed by atoms with E-state index in [0.29, 0.717) is 19.2 Å². The largest absolute Gasteiger partial charge is 0.432 e. The Morgan fingerprint density at radius 3 is 2.71 bits per heavy atom. The van der Waals surface area contributed by atoms with Gasteiger partial charge in [0.2, 0.25) is 10.0 Å². The van der Waals surface area contributed by atoms with Crippen LogP contribution >= 0.6 is 0 Å². The minimum absolute atomic E-state index is 0.264. The van der Waals surface area contributed by atoms with Gasteiger partial charge in [0, 0.05) is 25.7 Å². The van der Waals surface area contributed by atoms with Gasteiger partial charge in [0.05, 0.1) is 4.90 Å². The van der Waals surface area contributed by atoms with E-state index >= 15 is 0 Å². The molecule has 2 rings (SSSR count). The average molecular weight is 324 g/mol. The Balaban J connectivity index is 2.30. The lowest BCUT2D eigenvalue weighted by Crippen LogP contribution is -2.52. The van der Waals surface area contributed by atoms with Crippen molar-refractivity contribution in [3.63, 3.8) is 0 Å². The predicted octanol–water partition coefficient (Wildman–Crippen LogP) is 1.41. The van der Waals surface area contributed by atoms with Gasteiger partial charge in [-0.15, -0.1) is 0 Å². The van der Waals surface area contributed by atoms with Gasteiger partial charge in [0.15, 0.2) is 11.6 Å². The summed E-state index contributed by atoms with van der Waals surface area (Å²) in [5.41, 5.74) is 0. The first-order chi connectivity index (χ1) is 9.82. The zero-order valence-electron chi connectivity index (χ0n) is 11.2. The number of piperazine rings is 1. The standard InChI is InChI=1S/C12H15F3N2O3S/c1-8-7-16-4-5-17(8)21(18,19)9-2-3-11(10(13)6-9)20-12(14)15/h2-3,6,8,12,16H,4-5,7H2,1H3/t8-/m1/s1. The molecule has 0 spiro atoms. The third-order valence-corrected chi connectivity index (χ3v) is 5.18. The van der Waals surface area contributed by atoms with Crippen LogP contribution in [-0.2, 0) is 10.0 Å². The molecule has 0 radical (unpaired) electrons. The van der Waals surface area contributed by atoms with E-state index in [1.54, 1.807) is 6.92 Å². The molecule has 0 bridgehead atoms. The van der Waals surface area contributed by atoms with Crippen molar-refractivity contribution < 1.29 is 26.3 Å². The van der Waals surface area contributed by atoms with Crippen LogP contribution < -0.4 is 10.1 Å². The molecule has 1 atom stereocenters. The SMILES string of the molecule is C[C@@H]1CNCCN1S(=O)(=O)c1ccc(OC(F)F)c(F)c1. The molecule has 1 N–H and O–H groups in total. The van der Waals surface area contributed by atoms with E-state index in [4.69, 9.17) is 0 Å². The number of rotatable bonds is 4. The van der Waals surface area contributed by atoms with Crippen LogP contribution in [0.3, 0.4) is 0 Å². The first kappa shape index (κ1) is 16.1. The predicted molar refractivity (Wildman–Crippen MR) is 69.3 cm³/mol. The van der Waals surface area contributed by atoms with Crippen molar-refractivity contribution in [2.24, 2.45) is 0 Å². The van der Waals surface area contributed by atoms with E-state index in [9.17, 15) is 21.6 Å². The lowest BCUT2D eigenvalue weighted by molar-refractivity contribution is -0.0522. The molecule has 1 aromatic rings. The maximum absolute atomic E-state index is 13.7. The molecule has 1 aromatic carbocycles. The number of ether oxygens (including phenoxy) is 1. The minimum atomic E-state index is -3.87. The van der Waals surface area contributed by atoms with Gasteiger partial charge >= 0.3 is 6.61 Å². The quantitative estimate of drug-likeness (QED) is 0.910. The summed E-state index contributed by atoms with van der Waals surface area (Å²) in [4.78, 5) is -0.282. The van der Waals surface area contributed by atoms with Gasteiger partial charge in [-0.3, -0.25) is 0 Å². The Kier molecular flexibility index (Phi) is 4.74. The molecule has 9 heteroatoms. The summed E-state index contributed by atoms with van der Waals surface area (Å²) in [5.74, 6) is -1.82. The number of halogens is 3. The average Bonchev–Trinajstić information content (AvgIpc) is 2.40. The monoisotopic (exact) mass is 324 g/mol. The molecule has 0 aromatic heterocycles. The minimum Gasteiger partial charge on any atom is -0.432 e. The Morgan fingerprint density at radius 1 is 1.43 bits per heavy atom. The number of benzene rings is 1.